The number of likely N-dealkylation sites (N-methyl/N-ethyl adjacent to an activating group) is 1. The van der Waals surface area contributed by atoms with E-state index in [1.807, 2.05) is 0 Å². The molecule has 20 heavy (non-hydrogen) atoms. The summed E-state index contributed by atoms with van der Waals surface area (Å²) >= 11 is 0. The largest absolute Gasteiger partial charge is 0.481 e. The van der Waals surface area contributed by atoms with Gasteiger partial charge in [-0.25, -0.2) is 0 Å². The molecule has 0 aliphatic heterocycles. The topological polar surface area (TPSA) is 95.9 Å². The van der Waals surface area contributed by atoms with Crippen molar-refractivity contribution in [1.29, 1.82) is 0 Å². The Morgan fingerprint density at radius 2 is 1.75 bits per heavy atom. The minimum atomic E-state index is -0.799. The van der Waals surface area contributed by atoms with Crippen LogP contribution in [-0.2, 0) is 19.1 Å². The van der Waals surface area contributed by atoms with Crippen molar-refractivity contribution in [1.82, 2.24) is 10.2 Å². The number of ether oxygens (including phenoxy) is 1. The SMILES string of the molecule is CN(C)C(=O)/C=C/CCCC(=O)O.CNC=O.COC. The highest BCUT2D eigenvalue weighted by molar-refractivity contribution is 5.87. The molecule has 7 nitrogen and oxygen atoms in total. The molecule has 2 N–H and O–H groups in total. The highest BCUT2D eigenvalue weighted by atomic mass is 16.4. The predicted octanol–water partition coefficient (Wildman–Crippen LogP) is 0.511. The van der Waals surface area contributed by atoms with Crippen molar-refractivity contribution in [2.45, 2.75) is 19.3 Å². The van der Waals surface area contributed by atoms with Crippen LogP contribution in [0, 0.1) is 0 Å². The van der Waals surface area contributed by atoms with Crippen molar-refractivity contribution in [3.05, 3.63) is 12.2 Å². The fourth-order valence-electron chi connectivity index (χ4n) is 0.704. The summed E-state index contributed by atoms with van der Waals surface area (Å²) in [5.41, 5.74) is 0. The number of carboxylic acid groups (broad SMARTS) is 1. The van der Waals surface area contributed by atoms with E-state index in [0.29, 0.717) is 19.3 Å². The van der Waals surface area contributed by atoms with Gasteiger partial charge in [0.05, 0.1) is 0 Å². The molecule has 0 aromatic carbocycles. The summed E-state index contributed by atoms with van der Waals surface area (Å²) in [7, 11) is 8.15. The van der Waals surface area contributed by atoms with Gasteiger partial charge in [-0.1, -0.05) is 6.08 Å². The molecule has 0 saturated heterocycles. The van der Waals surface area contributed by atoms with Crippen LogP contribution in [-0.4, -0.2) is 63.7 Å². The van der Waals surface area contributed by atoms with Crippen molar-refractivity contribution < 1.29 is 24.2 Å². The average molecular weight is 290 g/mol. The predicted molar refractivity (Wildman–Crippen MR) is 77.4 cm³/mol. The Kier molecular flexibility index (Phi) is 22.6. The lowest BCUT2D eigenvalue weighted by Crippen LogP contribution is -2.18. The first-order valence-electron chi connectivity index (χ1n) is 5.97. The third-order valence-corrected chi connectivity index (χ3v) is 1.58. The molecule has 118 valence electrons. The molecule has 0 atom stereocenters. The molecule has 0 spiro atoms. The molecule has 0 bridgehead atoms. The number of unbranched alkanes of at least 4 members (excludes halogenated alkanes) is 1. The summed E-state index contributed by atoms with van der Waals surface area (Å²) < 4.78 is 4.25. The van der Waals surface area contributed by atoms with Gasteiger partial charge >= 0.3 is 5.97 Å². The van der Waals surface area contributed by atoms with Crippen molar-refractivity contribution >= 4 is 18.3 Å². The first-order valence-corrected chi connectivity index (χ1v) is 5.97. The van der Waals surface area contributed by atoms with Crippen molar-refractivity contribution in [2.24, 2.45) is 0 Å². The van der Waals surface area contributed by atoms with Crippen LogP contribution in [0.2, 0.25) is 0 Å². The van der Waals surface area contributed by atoms with Gasteiger partial charge in [-0.3, -0.25) is 14.4 Å². The number of carboxylic acids is 1. The number of nitrogens with one attached hydrogen (secondary N) is 1. The van der Waals surface area contributed by atoms with E-state index >= 15 is 0 Å². The Labute approximate surface area is 120 Å². The van der Waals surface area contributed by atoms with Crippen LogP contribution in [0.3, 0.4) is 0 Å². The minimum Gasteiger partial charge on any atom is -0.481 e. The number of carbonyl (C=O) groups excluding carboxylic acids is 2. The molecule has 7 heteroatoms. The third kappa shape index (κ3) is 29.8. The molecular weight excluding hydrogens is 264 g/mol. The minimum absolute atomic E-state index is 0.0738. The molecule has 2 amide bonds. The summed E-state index contributed by atoms with van der Waals surface area (Å²) in [6, 6.07) is 0. The first kappa shape index (κ1) is 23.2. The summed E-state index contributed by atoms with van der Waals surface area (Å²) in [5, 5.41) is 10.6. The zero-order valence-electron chi connectivity index (χ0n) is 12.9. The van der Waals surface area contributed by atoms with E-state index < -0.39 is 5.97 Å². The van der Waals surface area contributed by atoms with E-state index in [0.717, 1.165) is 0 Å². The lowest BCUT2D eigenvalue weighted by atomic mass is 10.2. The van der Waals surface area contributed by atoms with Crippen LogP contribution in [0.25, 0.3) is 0 Å². The fraction of sp³-hybridized carbons (Fsp3) is 0.615. The Hall–Kier alpha value is -1.89. The number of rotatable bonds is 6. The molecule has 0 aliphatic rings. The molecular formula is C13H26N2O5. The molecule has 0 saturated carbocycles. The highest BCUT2D eigenvalue weighted by Crippen LogP contribution is 1.96. The number of hydrogen-bond donors (Lipinski definition) is 2. The Morgan fingerprint density at radius 1 is 1.30 bits per heavy atom. The third-order valence-electron chi connectivity index (χ3n) is 1.58. The van der Waals surface area contributed by atoms with Gasteiger partial charge in [0.2, 0.25) is 12.3 Å². The highest BCUT2D eigenvalue weighted by Gasteiger charge is 1.97. The number of nitrogens with zero attached hydrogens (tertiary/aromatic N) is 1. The van der Waals surface area contributed by atoms with Crippen LogP contribution in [0.4, 0.5) is 0 Å². The van der Waals surface area contributed by atoms with Crippen molar-refractivity contribution in [2.75, 3.05) is 35.4 Å². The van der Waals surface area contributed by atoms with E-state index in [1.54, 1.807) is 41.4 Å². The number of allylic oxidation sites excluding steroid dienone is 1. The van der Waals surface area contributed by atoms with Gasteiger partial charge in [0.1, 0.15) is 0 Å². The van der Waals surface area contributed by atoms with E-state index in [9.17, 15) is 9.59 Å². The Morgan fingerprint density at radius 3 is 2.05 bits per heavy atom. The van der Waals surface area contributed by atoms with Gasteiger partial charge in [-0.05, 0) is 18.9 Å². The van der Waals surface area contributed by atoms with Gasteiger partial charge in [-0.15, -0.1) is 0 Å². The standard InChI is InChI=1S/C9H15NO3.C2H5NO.C2H6O/c1-10(2)8(11)6-4-3-5-7-9(12)13;1-3-2-4;1-3-2/h4,6H,3,5,7H2,1-2H3,(H,12,13);2H,1H3,(H,3,4);1-2H3/b6-4+;;. The monoisotopic (exact) mass is 290 g/mol. The Balaban J connectivity index is -0.000000343. The van der Waals surface area contributed by atoms with E-state index in [-0.39, 0.29) is 12.3 Å². The zero-order chi connectivity index (χ0) is 16.4. The van der Waals surface area contributed by atoms with Crippen molar-refractivity contribution in [3.63, 3.8) is 0 Å². The lowest BCUT2D eigenvalue weighted by Gasteiger charge is -2.04. The molecule has 0 radical (unpaired) electrons. The molecule has 0 aromatic rings. The summed E-state index contributed by atoms with van der Waals surface area (Å²) in [5.74, 6) is -0.873. The average Bonchev–Trinajstić information content (AvgIpc) is 2.38. The first-order chi connectivity index (χ1) is 9.37. The number of aliphatic carboxylic acids is 1. The summed E-state index contributed by atoms with van der Waals surface area (Å²) in [6.07, 6.45) is 5.14. The molecule has 0 aromatic heterocycles. The van der Waals surface area contributed by atoms with Crippen LogP contribution < -0.4 is 5.32 Å². The second-order valence-corrected chi connectivity index (χ2v) is 3.74. The number of methoxy groups -OCH3 is 1. The second kappa shape index (κ2) is 19.4. The van der Waals surface area contributed by atoms with E-state index in [4.69, 9.17) is 9.90 Å². The molecule has 0 rings (SSSR count). The summed E-state index contributed by atoms with van der Waals surface area (Å²) in [4.78, 5) is 31.6. The number of hydrogen-bond acceptors (Lipinski definition) is 4. The smallest absolute Gasteiger partial charge is 0.303 e. The van der Waals surface area contributed by atoms with E-state index in [1.165, 1.54) is 11.0 Å². The molecule has 0 aliphatic carbocycles. The number of carbonyl (C=O) groups is 3. The van der Waals surface area contributed by atoms with Gasteiger partial charge < -0.3 is 20.1 Å². The second-order valence-electron chi connectivity index (χ2n) is 3.74. The summed E-state index contributed by atoms with van der Waals surface area (Å²) in [6.45, 7) is 0. The fourth-order valence-corrected chi connectivity index (χ4v) is 0.704. The van der Waals surface area contributed by atoms with Crippen LogP contribution >= 0.6 is 0 Å². The maximum atomic E-state index is 11.0. The molecule has 0 fully saturated rings. The molecule has 0 unspecified atom stereocenters. The maximum absolute atomic E-state index is 11.0. The van der Waals surface area contributed by atoms with Crippen LogP contribution in [0.5, 0.6) is 0 Å². The van der Waals surface area contributed by atoms with Gasteiger partial charge in [0, 0.05) is 41.8 Å². The van der Waals surface area contributed by atoms with Gasteiger partial charge in [-0.2, -0.15) is 0 Å². The number of amides is 2. The van der Waals surface area contributed by atoms with Gasteiger partial charge in [0.15, 0.2) is 0 Å². The van der Waals surface area contributed by atoms with E-state index in [2.05, 4.69) is 10.1 Å². The van der Waals surface area contributed by atoms with Crippen molar-refractivity contribution in [3.8, 4) is 0 Å². The quantitative estimate of drug-likeness (QED) is 0.422. The molecule has 0 heterocycles. The lowest BCUT2D eigenvalue weighted by molar-refractivity contribution is -0.137. The Bertz CT molecular complexity index is 278. The van der Waals surface area contributed by atoms with Crippen LogP contribution in [0.15, 0.2) is 12.2 Å². The zero-order valence-corrected chi connectivity index (χ0v) is 12.9. The van der Waals surface area contributed by atoms with Crippen LogP contribution in [0.1, 0.15) is 19.3 Å². The maximum Gasteiger partial charge on any atom is 0.303 e. The normalized spacial score (nSPS) is 8.65. The van der Waals surface area contributed by atoms with Gasteiger partial charge in [0.25, 0.3) is 0 Å².